The number of nitrogens with one attached hydrogen (secondary N) is 2. The first-order valence-corrected chi connectivity index (χ1v) is 9.90. The first kappa shape index (κ1) is 19.5. The highest BCUT2D eigenvalue weighted by atomic mass is 19.1. The summed E-state index contributed by atoms with van der Waals surface area (Å²) in [5, 5.41) is 6.90. The van der Waals surface area contributed by atoms with Gasteiger partial charge in [-0.25, -0.2) is 4.39 Å². The molecule has 1 aromatic carbocycles. The second-order valence-corrected chi connectivity index (χ2v) is 7.24. The Morgan fingerprint density at radius 2 is 2.26 bits per heavy atom. The lowest BCUT2D eigenvalue weighted by molar-refractivity contribution is -0.143. The van der Waals surface area contributed by atoms with Gasteiger partial charge in [0.1, 0.15) is 5.82 Å². The molecule has 1 aromatic rings. The van der Waals surface area contributed by atoms with Crippen molar-refractivity contribution >= 4 is 11.7 Å². The van der Waals surface area contributed by atoms with Crippen LogP contribution in [0.1, 0.15) is 45.1 Å². The standard InChI is InChI=1S/C22H29FN2O2/c1-3-27-21(26)11-9-16-8-10-19(13-20(16)23)25-14-18-7-6-17-5-4-12-24-22(17)15(18)2/h6,8,10,13,18,24-25H,3-5,7,9,11-12,14H2,1-2H3. The lowest BCUT2D eigenvalue weighted by Gasteiger charge is -2.31. The van der Waals surface area contributed by atoms with Crippen LogP contribution in [0.4, 0.5) is 10.1 Å². The van der Waals surface area contributed by atoms with E-state index in [2.05, 4.69) is 23.6 Å². The smallest absolute Gasteiger partial charge is 0.306 e. The van der Waals surface area contributed by atoms with Crippen molar-refractivity contribution in [3.63, 3.8) is 0 Å². The van der Waals surface area contributed by atoms with Crippen molar-refractivity contribution in [3.8, 4) is 0 Å². The van der Waals surface area contributed by atoms with Gasteiger partial charge in [0.2, 0.25) is 0 Å². The molecule has 1 unspecified atom stereocenters. The molecule has 1 heterocycles. The Morgan fingerprint density at radius 1 is 1.41 bits per heavy atom. The first-order valence-electron chi connectivity index (χ1n) is 9.90. The van der Waals surface area contributed by atoms with Crippen LogP contribution in [0.5, 0.6) is 0 Å². The lowest BCUT2D eigenvalue weighted by atomic mass is 9.84. The van der Waals surface area contributed by atoms with Crippen molar-refractivity contribution < 1.29 is 13.9 Å². The van der Waals surface area contributed by atoms with Gasteiger partial charge in [-0.3, -0.25) is 4.79 Å². The molecule has 4 nitrogen and oxygen atoms in total. The molecular weight excluding hydrogens is 343 g/mol. The number of hydrogen-bond acceptors (Lipinski definition) is 4. The highest BCUT2D eigenvalue weighted by Gasteiger charge is 2.23. The zero-order chi connectivity index (χ0) is 19.2. The van der Waals surface area contributed by atoms with Gasteiger partial charge in [0.25, 0.3) is 0 Å². The molecule has 27 heavy (non-hydrogen) atoms. The Morgan fingerprint density at radius 3 is 3.04 bits per heavy atom. The maximum Gasteiger partial charge on any atom is 0.306 e. The molecule has 1 aliphatic carbocycles. The molecule has 2 aliphatic rings. The van der Waals surface area contributed by atoms with Crippen molar-refractivity contribution in [2.75, 3.05) is 25.0 Å². The molecule has 0 spiro atoms. The summed E-state index contributed by atoms with van der Waals surface area (Å²) in [6.07, 6.45) is 6.30. The molecule has 2 N–H and O–H groups in total. The zero-order valence-electron chi connectivity index (χ0n) is 16.2. The Bertz CT molecular complexity index is 755. The van der Waals surface area contributed by atoms with Crippen LogP contribution < -0.4 is 10.6 Å². The monoisotopic (exact) mass is 372 g/mol. The fourth-order valence-corrected chi connectivity index (χ4v) is 3.80. The highest BCUT2D eigenvalue weighted by molar-refractivity contribution is 5.69. The number of anilines is 1. The van der Waals surface area contributed by atoms with Gasteiger partial charge in [-0.1, -0.05) is 12.1 Å². The average molecular weight is 372 g/mol. The van der Waals surface area contributed by atoms with Crippen LogP contribution in [-0.2, 0) is 16.0 Å². The van der Waals surface area contributed by atoms with E-state index in [-0.39, 0.29) is 18.2 Å². The predicted molar refractivity (Wildman–Crippen MR) is 106 cm³/mol. The maximum atomic E-state index is 14.3. The third-order valence-corrected chi connectivity index (χ3v) is 5.41. The lowest BCUT2D eigenvalue weighted by Crippen LogP contribution is -2.29. The molecule has 0 bridgehead atoms. The minimum atomic E-state index is -0.288. The number of halogens is 1. The SMILES string of the molecule is CCOC(=O)CCc1ccc(NCC2CC=C3CCCNC3=C2C)cc1F. The third-order valence-electron chi connectivity index (χ3n) is 5.41. The fourth-order valence-electron chi connectivity index (χ4n) is 3.80. The third kappa shape index (κ3) is 4.90. The van der Waals surface area contributed by atoms with Gasteiger partial charge < -0.3 is 15.4 Å². The fraction of sp³-hybridized carbons (Fsp3) is 0.500. The Labute approximate surface area is 160 Å². The molecule has 146 valence electrons. The van der Waals surface area contributed by atoms with Crippen molar-refractivity contribution in [1.82, 2.24) is 5.32 Å². The van der Waals surface area contributed by atoms with E-state index in [1.165, 1.54) is 29.3 Å². The minimum absolute atomic E-state index is 0.202. The summed E-state index contributed by atoms with van der Waals surface area (Å²) in [4.78, 5) is 11.4. The van der Waals surface area contributed by atoms with E-state index in [9.17, 15) is 9.18 Å². The number of carbonyl (C=O) groups is 1. The molecule has 0 amide bonds. The molecule has 3 rings (SSSR count). The number of ether oxygens (including phenoxy) is 1. The van der Waals surface area contributed by atoms with Crippen LogP contribution >= 0.6 is 0 Å². The Kier molecular flexibility index (Phi) is 6.54. The van der Waals surface area contributed by atoms with Crippen LogP contribution in [0, 0.1) is 11.7 Å². The molecule has 0 radical (unpaired) electrons. The number of rotatable bonds is 7. The molecule has 1 saturated heterocycles. The van der Waals surface area contributed by atoms with E-state index < -0.39 is 0 Å². The quantitative estimate of drug-likeness (QED) is 0.699. The summed E-state index contributed by atoms with van der Waals surface area (Å²) in [6, 6.07) is 5.16. The van der Waals surface area contributed by atoms with E-state index in [1.807, 2.05) is 6.07 Å². The highest BCUT2D eigenvalue weighted by Crippen LogP contribution is 2.32. The number of hydrogen-bond donors (Lipinski definition) is 2. The van der Waals surface area contributed by atoms with Crippen LogP contribution in [0.25, 0.3) is 0 Å². The van der Waals surface area contributed by atoms with Crippen molar-refractivity contribution in [2.45, 2.75) is 46.0 Å². The largest absolute Gasteiger partial charge is 0.466 e. The van der Waals surface area contributed by atoms with E-state index in [4.69, 9.17) is 4.74 Å². The molecule has 1 atom stereocenters. The summed E-state index contributed by atoms with van der Waals surface area (Å²) in [5.74, 6) is -0.149. The number of carbonyl (C=O) groups excluding carboxylic acids is 1. The number of piperidine rings is 1. The second-order valence-electron chi connectivity index (χ2n) is 7.24. The predicted octanol–water partition coefficient (Wildman–Crippen LogP) is 4.34. The van der Waals surface area contributed by atoms with Crippen molar-refractivity contribution in [3.05, 3.63) is 52.5 Å². The van der Waals surface area contributed by atoms with E-state index in [0.717, 1.165) is 31.6 Å². The van der Waals surface area contributed by atoms with Crippen LogP contribution in [0.15, 0.2) is 41.1 Å². The van der Waals surface area contributed by atoms with E-state index in [0.29, 0.717) is 24.5 Å². The molecular formula is C22H29FN2O2. The number of benzene rings is 1. The minimum Gasteiger partial charge on any atom is -0.466 e. The molecule has 0 saturated carbocycles. The molecule has 1 fully saturated rings. The van der Waals surface area contributed by atoms with Crippen molar-refractivity contribution in [2.24, 2.45) is 5.92 Å². The number of aryl methyl sites for hydroxylation is 1. The summed E-state index contributed by atoms with van der Waals surface area (Å²) < 4.78 is 19.2. The molecule has 5 heteroatoms. The molecule has 0 aromatic heterocycles. The number of esters is 1. The summed E-state index contributed by atoms with van der Waals surface area (Å²) in [6.45, 7) is 6.15. The van der Waals surface area contributed by atoms with E-state index in [1.54, 1.807) is 13.0 Å². The van der Waals surface area contributed by atoms with Crippen molar-refractivity contribution in [1.29, 1.82) is 0 Å². The van der Waals surface area contributed by atoms with Gasteiger partial charge in [0.15, 0.2) is 0 Å². The summed E-state index contributed by atoms with van der Waals surface area (Å²) in [5.41, 5.74) is 5.48. The van der Waals surface area contributed by atoms with Gasteiger partial charge in [-0.05, 0) is 68.4 Å². The number of fused-ring (bicyclic) bond motifs is 1. The van der Waals surface area contributed by atoms with E-state index >= 15 is 0 Å². The summed E-state index contributed by atoms with van der Waals surface area (Å²) >= 11 is 0. The zero-order valence-corrected chi connectivity index (χ0v) is 16.2. The Hall–Kier alpha value is -2.30. The van der Waals surface area contributed by atoms with Crippen LogP contribution in [0.2, 0.25) is 0 Å². The average Bonchev–Trinajstić information content (AvgIpc) is 2.67. The number of allylic oxidation sites excluding steroid dienone is 2. The summed E-state index contributed by atoms with van der Waals surface area (Å²) in [7, 11) is 0. The van der Waals surface area contributed by atoms with Gasteiger partial charge in [0.05, 0.1) is 6.61 Å². The second kappa shape index (κ2) is 9.07. The topological polar surface area (TPSA) is 50.4 Å². The Balaban J connectivity index is 1.56. The normalized spacial score (nSPS) is 19.1. The van der Waals surface area contributed by atoms with Gasteiger partial charge in [0, 0.05) is 36.8 Å². The first-order chi connectivity index (χ1) is 13.1. The van der Waals surface area contributed by atoms with Gasteiger partial charge in [-0.2, -0.15) is 0 Å². The maximum absolute atomic E-state index is 14.3. The van der Waals surface area contributed by atoms with Crippen LogP contribution in [0.3, 0.4) is 0 Å². The molecule has 1 aliphatic heterocycles. The van der Waals surface area contributed by atoms with Crippen LogP contribution in [-0.4, -0.2) is 25.7 Å². The van der Waals surface area contributed by atoms with Gasteiger partial charge in [-0.15, -0.1) is 0 Å². The van der Waals surface area contributed by atoms with Gasteiger partial charge >= 0.3 is 5.97 Å².